The van der Waals surface area contributed by atoms with Gasteiger partial charge in [0.25, 0.3) is 5.91 Å². The van der Waals surface area contributed by atoms with Gasteiger partial charge in [0.2, 0.25) is 11.9 Å². The summed E-state index contributed by atoms with van der Waals surface area (Å²) < 4.78 is 20.8. The molecule has 3 heterocycles. The molecule has 182 valence electrons. The maximum Gasteiger partial charge on any atom is 0.254 e. The van der Waals surface area contributed by atoms with Gasteiger partial charge in [0.1, 0.15) is 22.9 Å². The maximum atomic E-state index is 13.8. The van der Waals surface area contributed by atoms with E-state index in [1.807, 2.05) is 0 Å². The number of carbonyl (C=O) groups is 2. The Hall–Kier alpha value is -4.48. The van der Waals surface area contributed by atoms with E-state index in [0.717, 1.165) is 12.8 Å². The number of anilines is 4. The van der Waals surface area contributed by atoms with Crippen LogP contribution in [0.2, 0.25) is 0 Å². The Kier molecular flexibility index (Phi) is 6.90. The number of primary amides is 1. The SMILES string of the molecule is C=CC(=O)N1CCC[C@@H](n2cc(Nc3ncc(C(N)=O)c(Nc4cc(F)ccc4OC)n3)cn2)C1. The summed E-state index contributed by atoms with van der Waals surface area (Å²) in [4.78, 5) is 34.1. The van der Waals surface area contributed by atoms with Crippen molar-refractivity contribution in [2.24, 2.45) is 5.73 Å². The molecule has 11 nitrogen and oxygen atoms in total. The minimum atomic E-state index is -0.752. The summed E-state index contributed by atoms with van der Waals surface area (Å²) >= 11 is 0. The summed E-state index contributed by atoms with van der Waals surface area (Å²) in [5, 5.41) is 10.3. The molecule has 0 saturated carbocycles. The Morgan fingerprint density at radius 2 is 2.14 bits per heavy atom. The zero-order chi connectivity index (χ0) is 24.9. The number of nitrogens with one attached hydrogen (secondary N) is 2. The van der Waals surface area contributed by atoms with Crippen molar-refractivity contribution in [3.05, 3.63) is 60.8 Å². The Morgan fingerprint density at radius 1 is 1.31 bits per heavy atom. The second-order valence-electron chi connectivity index (χ2n) is 7.91. The highest BCUT2D eigenvalue weighted by molar-refractivity contribution is 5.98. The van der Waals surface area contributed by atoms with Gasteiger partial charge in [0, 0.05) is 31.5 Å². The summed E-state index contributed by atoms with van der Waals surface area (Å²) in [6.07, 6.45) is 7.74. The Balaban J connectivity index is 1.54. The fourth-order valence-electron chi connectivity index (χ4n) is 3.85. The molecular weight excluding hydrogens is 455 g/mol. The number of ether oxygens (including phenoxy) is 1. The molecule has 1 fully saturated rings. The Bertz CT molecular complexity index is 1260. The van der Waals surface area contributed by atoms with Crippen LogP contribution in [0.3, 0.4) is 0 Å². The van der Waals surface area contributed by atoms with Crippen LogP contribution in [0.4, 0.5) is 27.5 Å². The van der Waals surface area contributed by atoms with Crippen LogP contribution in [0.15, 0.2) is 49.4 Å². The lowest BCUT2D eigenvalue weighted by atomic mass is 10.1. The molecule has 35 heavy (non-hydrogen) atoms. The van der Waals surface area contributed by atoms with Crippen LogP contribution in [-0.2, 0) is 4.79 Å². The van der Waals surface area contributed by atoms with Gasteiger partial charge in [0.15, 0.2) is 0 Å². The normalized spacial score (nSPS) is 15.4. The van der Waals surface area contributed by atoms with Crippen LogP contribution in [0.25, 0.3) is 0 Å². The van der Waals surface area contributed by atoms with Gasteiger partial charge in [-0.2, -0.15) is 10.1 Å². The van der Waals surface area contributed by atoms with Crippen molar-refractivity contribution >= 4 is 35.0 Å². The number of rotatable bonds is 8. The highest BCUT2D eigenvalue weighted by atomic mass is 19.1. The predicted octanol–water partition coefficient (Wildman–Crippen LogP) is 2.76. The second-order valence-corrected chi connectivity index (χ2v) is 7.91. The van der Waals surface area contributed by atoms with Crippen LogP contribution in [-0.4, -0.2) is 56.7 Å². The molecule has 0 radical (unpaired) electrons. The summed E-state index contributed by atoms with van der Waals surface area (Å²) in [6.45, 7) is 4.79. The summed E-state index contributed by atoms with van der Waals surface area (Å²) in [7, 11) is 1.44. The molecule has 0 bridgehead atoms. The van der Waals surface area contributed by atoms with Crippen molar-refractivity contribution in [3.8, 4) is 5.75 Å². The molecule has 2 amide bonds. The summed E-state index contributed by atoms with van der Waals surface area (Å²) in [6, 6.07) is 3.94. The highest BCUT2D eigenvalue weighted by Crippen LogP contribution is 2.30. The third-order valence-corrected chi connectivity index (χ3v) is 5.58. The van der Waals surface area contributed by atoms with Gasteiger partial charge in [-0.3, -0.25) is 14.3 Å². The lowest BCUT2D eigenvalue weighted by molar-refractivity contribution is -0.127. The van der Waals surface area contributed by atoms with Crippen LogP contribution < -0.4 is 21.1 Å². The lowest BCUT2D eigenvalue weighted by Crippen LogP contribution is -2.39. The molecule has 1 aliphatic rings. The number of hydrogen-bond donors (Lipinski definition) is 3. The van der Waals surface area contributed by atoms with E-state index >= 15 is 0 Å². The van der Waals surface area contributed by atoms with Gasteiger partial charge >= 0.3 is 0 Å². The molecule has 0 aliphatic carbocycles. The first-order valence-electron chi connectivity index (χ1n) is 10.9. The van der Waals surface area contributed by atoms with Gasteiger partial charge in [0.05, 0.1) is 30.7 Å². The fraction of sp³-hybridized carbons (Fsp3) is 0.261. The van der Waals surface area contributed by atoms with E-state index in [1.54, 1.807) is 22.0 Å². The molecule has 1 atom stereocenters. The minimum absolute atomic E-state index is 0.0201. The van der Waals surface area contributed by atoms with Crippen molar-refractivity contribution in [2.45, 2.75) is 18.9 Å². The number of benzene rings is 1. The topological polar surface area (TPSA) is 140 Å². The van der Waals surface area contributed by atoms with Gasteiger partial charge in [-0.25, -0.2) is 9.37 Å². The van der Waals surface area contributed by atoms with E-state index in [9.17, 15) is 14.0 Å². The van der Waals surface area contributed by atoms with E-state index in [4.69, 9.17) is 10.5 Å². The molecule has 0 unspecified atom stereocenters. The van der Waals surface area contributed by atoms with Gasteiger partial charge < -0.3 is 26.0 Å². The van der Waals surface area contributed by atoms with Gasteiger partial charge in [-0.1, -0.05) is 6.58 Å². The van der Waals surface area contributed by atoms with E-state index in [1.165, 1.54) is 37.6 Å². The third kappa shape index (κ3) is 5.37. The molecule has 1 aliphatic heterocycles. The standard InChI is InChI=1S/C23H25FN8O3/c1-3-20(33)31-8-4-5-16(13-31)32-12-15(10-27-32)28-23-26-11-17(21(25)34)22(30-23)29-18-9-14(24)6-7-19(18)35-2/h3,6-7,9-12,16H,1,4-5,8,13H2,2H3,(H2,25,34)(H2,26,28,29,30)/t16-/m1/s1. The smallest absolute Gasteiger partial charge is 0.254 e. The van der Waals surface area contributed by atoms with Crippen LogP contribution in [0, 0.1) is 5.82 Å². The molecule has 1 aromatic carbocycles. The number of amides is 2. The minimum Gasteiger partial charge on any atom is -0.495 e. The van der Waals surface area contributed by atoms with Crippen LogP contribution in [0.5, 0.6) is 5.75 Å². The molecular formula is C23H25FN8O3. The van der Waals surface area contributed by atoms with Crippen LogP contribution in [0.1, 0.15) is 29.2 Å². The number of nitrogens with two attached hydrogens (primary N) is 1. The average Bonchev–Trinajstić information content (AvgIpc) is 3.32. The van der Waals surface area contributed by atoms with E-state index in [2.05, 4.69) is 32.3 Å². The molecule has 3 aromatic rings. The monoisotopic (exact) mass is 480 g/mol. The number of methoxy groups -OCH3 is 1. The Labute approximate surface area is 200 Å². The predicted molar refractivity (Wildman–Crippen MR) is 127 cm³/mol. The van der Waals surface area contributed by atoms with Crippen molar-refractivity contribution < 1.29 is 18.7 Å². The zero-order valence-corrected chi connectivity index (χ0v) is 19.1. The fourth-order valence-corrected chi connectivity index (χ4v) is 3.85. The number of aromatic nitrogens is 4. The van der Waals surface area contributed by atoms with Crippen LogP contribution >= 0.6 is 0 Å². The first-order valence-corrected chi connectivity index (χ1v) is 10.9. The van der Waals surface area contributed by atoms with Crippen molar-refractivity contribution in [2.75, 3.05) is 30.8 Å². The molecule has 2 aromatic heterocycles. The van der Waals surface area contributed by atoms with Crippen molar-refractivity contribution in [1.82, 2.24) is 24.6 Å². The average molecular weight is 481 g/mol. The van der Waals surface area contributed by atoms with E-state index < -0.39 is 11.7 Å². The quantitative estimate of drug-likeness (QED) is 0.418. The summed E-state index contributed by atoms with van der Waals surface area (Å²) in [5.41, 5.74) is 6.36. The molecule has 1 saturated heterocycles. The maximum absolute atomic E-state index is 13.8. The first kappa shape index (κ1) is 23.7. The first-order chi connectivity index (χ1) is 16.9. The third-order valence-electron chi connectivity index (χ3n) is 5.58. The summed E-state index contributed by atoms with van der Waals surface area (Å²) in [5.74, 6) is -0.745. The number of nitrogens with zero attached hydrogens (tertiary/aromatic N) is 5. The van der Waals surface area contributed by atoms with Crippen molar-refractivity contribution in [3.63, 3.8) is 0 Å². The second kappa shape index (κ2) is 10.2. The number of likely N-dealkylation sites (tertiary alicyclic amines) is 1. The number of carbonyl (C=O) groups excluding carboxylic acids is 2. The number of halogens is 1. The van der Waals surface area contributed by atoms with Gasteiger partial charge in [-0.05, 0) is 31.1 Å². The molecule has 12 heteroatoms. The van der Waals surface area contributed by atoms with E-state index in [-0.39, 0.29) is 35.0 Å². The Morgan fingerprint density at radius 3 is 2.89 bits per heavy atom. The van der Waals surface area contributed by atoms with Crippen molar-refractivity contribution in [1.29, 1.82) is 0 Å². The zero-order valence-electron chi connectivity index (χ0n) is 19.1. The molecule has 4 rings (SSSR count). The largest absolute Gasteiger partial charge is 0.495 e. The lowest BCUT2D eigenvalue weighted by Gasteiger charge is -2.32. The van der Waals surface area contributed by atoms with Gasteiger partial charge in [-0.15, -0.1) is 0 Å². The molecule has 0 spiro atoms. The van der Waals surface area contributed by atoms with E-state index in [0.29, 0.717) is 24.5 Å². The number of piperidine rings is 1. The molecule has 4 N–H and O–H groups in total. The highest BCUT2D eigenvalue weighted by Gasteiger charge is 2.24. The number of hydrogen-bond acceptors (Lipinski definition) is 8.